The molecule has 4 heterocycles. The Morgan fingerprint density at radius 1 is 0.812 bits per heavy atom. The number of thiazole rings is 1. The highest BCUT2D eigenvalue weighted by molar-refractivity contribution is 7.23. The normalized spacial score (nSPS) is 14.0. The zero-order valence-electron chi connectivity index (χ0n) is 37.7. The lowest BCUT2D eigenvalue weighted by molar-refractivity contribution is -0.132. The topological polar surface area (TPSA) is 108 Å². The molecule has 0 bridgehead atoms. The molecular formula is C53H60N4O4S3. The Bertz CT molecular complexity index is 2600. The maximum Gasteiger partial charge on any atom is 0.346 e. The van der Waals surface area contributed by atoms with Crippen LogP contribution in [0.15, 0.2) is 89.5 Å². The number of nitriles is 1. The number of nitrogens with zero attached hydrogens (tertiary/aromatic N) is 4. The number of hydrazone groups is 1. The molecule has 334 valence electrons. The zero-order valence-corrected chi connectivity index (χ0v) is 40.1. The molecule has 1 atom stereocenters. The number of fused-ring (bicyclic) bond motifs is 1. The summed E-state index contributed by atoms with van der Waals surface area (Å²) >= 11 is 4.99. The molecule has 3 aromatic heterocycles. The standard InChI is InChI=1S/C53H60N4O4S3/c1-5-8-11-14-17-38-32-50(63-51(38)48-27-24-42(62-48)31-39(35-54)53(58)59)45-34-46(43-25-23-41(60-28-15-12-9-6-2)33-47(43)61-29-16-13-10-7-3)57(56-45)40-21-19-37(20-22-40)52-55-44-26-18-36(4)30-49(44)64-52/h18-27,30-33,46H,5-17,28-29,34H2,1-4H3,(H,58,59)/b39-31+. The van der Waals surface area contributed by atoms with Crippen molar-refractivity contribution < 1.29 is 19.4 Å². The van der Waals surface area contributed by atoms with Gasteiger partial charge in [-0.2, -0.15) is 10.4 Å². The molecule has 64 heavy (non-hydrogen) atoms. The molecule has 3 aromatic carbocycles. The van der Waals surface area contributed by atoms with Crippen molar-refractivity contribution in [1.29, 1.82) is 5.26 Å². The van der Waals surface area contributed by atoms with Crippen molar-refractivity contribution in [3.8, 4) is 37.9 Å². The number of benzene rings is 3. The van der Waals surface area contributed by atoms with Gasteiger partial charge in [-0.1, -0.05) is 84.6 Å². The Labute approximate surface area is 390 Å². The first-order valence-corrected chi connectivity index (χ1v) is 25.6. The third-order valence-electron chi connectivity index (χ3n) is 11.6. The minimum absolute atomic E-state index is 0.132. The van der Waals surface area contributed by atoms with E-state index in [1.807, 2.05) is 12.1 Å². The van der Waals surface area contributed by atoms with Gasteiger partial charge in [-0.3, -0.25) is 5.01 Å². The van der Waals surface area contributed by atoms with Crippen LogP contribution < -0.4 is 14.5 Å². The Hall–Kier alpha value is -5.28. The first-order chi connectivity index (χ1) is 31.3. The van der Waals surface area contributed by atoms with Crippen molar-refractivity contribution in [3.05, 3.63) is 111 Å². The summed E-state index contributed by atoms with van der Waals surface area (Å²) in [4.78, 5) is 20.7. The summed E-state index contributed by atoms with van der Waals surface area (Å²) < 4.78 is 14.2. The zero-order chi connectivity index (χ0) is 44.8. The van der Waals surface area contributed by atoms with E-state index >= 15 is 0 Å². The second kappa shape index (κ2) is 23.1. The van der Waals surface area contributed by atoms with Gasteiger partial charge in [0.25, 0.3) is 0 Å². The Kier molecular flexibility index (Phi) is 16.8. The lowest BCUT2D eigenvalue weighted by Gasteiger charge is -2.26. The van der Waals surface area contributed by atoms with Crippen LogP contribution in [0.2, 0.25) is 0 Å². The van der Waals surface area contributed by atoms with Gasteiger partial charge in [-0.15, -0.1) is 34.0 Å². The number of hydrogen-bond donors (Lipinski definition) is 1. The molecule has 6 aromatic rings. The van der Waals surface area contributed by atoms with Gasteiger partial charge >= 0.3 is 5.97 Å². The monoisotopic (exact) mass is 912 g/mol. The van der Waals surface area contributed by atoms with Gasteiger partial charge in [-0.25, -0.2) is 9.78 Å². The fourth-order valence-electron chi connectivity index (χ4n) is 8.03. The molecule has 0 fully saturated rings. The van der Waals surface area contributed by atoms with Crippen LogP contribution in [0.3, 0.4) is 0 Å². The van der Waals surface area contributed by atoms with Crippen molar-refractivity contribution in [2.45, 2.75) is 124 Å². The first-order valence-electron chi connectivity index (χ1n) is 23.1. The van der Waals surface area contributed by atoms with Gasteiger partial charge in [0.1, 0.15) is 28.1 Å². The van der Waals surface area contributed by atoms with Crippen molar-refractivity contribution >= 4 is 67.7 Å². The van der Waals surface area contributed by atoms with Crippen LogP contribution in [-0.2, 0) is 11.2 Å². The van der Waals surface area contributed by atoms with E-state index in [-0.39, 0.29) is 11.6 Å². The molecule has 1 unspecified atom stereocenters. The Balaban J connectivity index is 1.26. The summed E-state index contributed by atoms with van der Waals surface area (Å²) in [6.45, 7) is 10.1. The van der Waals surface area contributed by atoms with Crippen molar-refractivity contribution in [3.63, 3.8) is 0 Å². The first kappa shape index (κ1) is 46.7. The lowest BCUT2D eigenvalue weighted by atomic mass is 9.98. The number of carbonyl (C=O) groups is 1. The molecule has 1 N–H and O–H groups in total. The number of anilines is 1. The smallest absolute Gasteiger partial charge is 0.346 e. The lowest BCUT2D eigenvalue weighted by Crippen LogP contribution is -2.19. The third kappa shape index (κ3) is 11.9. The van der Waals surface area contributed by atoms with Crippen molar-refractivity contribution in [1.82, 2.24) is 4.98 Å². The number of thiophene rings is 2. The largest absolute Gasteiger partial charge is 0.493 e. The van der Waals surface area contributed by atoms with Crippen LogP contribution in [0.25, 0.3) is 36.6 Å². The van der Waals surface area contributed by atoms with E-state index in [1.54, 1.807) is 22.7 Å². The molecule has 1 aliphatic rings. The molecule has 0 spiro atoms. The summed E-state index contributed by atoms with van der Waals surface area (Å²) in [5.41, 5.74) is 7.40. The fourth-order valence-corrected chi connectivity index (χ4v) is 11.4. The highest BCUT2D eigenvalue weighted by Crippen LogP contribution is 2.45. The van der Waals surface area contributed by atoms with Gasteiger partial charge in [0.2, 0.25) is 0 Å². The highest BCUT2D eigenvalue weighted by Gasteiger charge is 2.34. The summed E-state index contributed by atoms with van der Waals surface area (Å²) in [6, 6.07) is 29.4. The van der Waals surface area contributed by atoms with Gasteiger partial charge in [0.15, 0.2) is 0 Å². The maximum absolute atomic E-state index is 11.7. The maximum atomic E-state index is 11.7. The van der Waals surface area contributed by atoms with E-state index in [0.29, 0.717) is 19.6 Å². The van der Waals surface area contributed by atoms with Gasteiger partial charge in [0, 0.05) is 38.2 Å². The Morgan fingerprint density at radius 3 is 2.27 bits per heavy atom. The van der Waals surface area contributed by atoms with Crippen LogP contribution >= 0.6 is 34.0 Å². The van der Waals surface area contributed by atoms with Crippen molar-refractivity contribution in [2.24, 2.45) is 5.10 Å². The molecule has 0 saturated carbocycles. The molecule has 0 aliphatic carbocycles. The fraction of sp³-hybridized carbons (Fsp3) is 0.396. The van der Waals surface area contributed by atoms with E-state index in [9.17, 15) is 15.2 Å². The number of aliphatic carboxylic acids is 1. The number of rotatable bonds is 24. The number of ether oxygens (including phenoxy) is 2. The van der Waals surface area contributed by atoms with Crippen molar-refractivity contribution in [2.75, 3.05) is 18.2 Å². The van der Waals surface area contributed by atoms with E-state index in [1.165, 1.54) is 76.6 Å². The molecule has 0 saturated heterocycles. The average molecular weight is 913 g/mol. The van der Waals surface area contributed by atoms with E-state index in [4.69, 9.17) is 19.6 Å². The van der Waals surface area contributed by atoms with Crippen LogP contribution in [0.5, 0.6) is 11.5 Å². The predicted octanol–water partition coefficient (Wildman–Crippen LogP) is 15.4. The molecule has 8 nitrogen and oxygen atoms in total. The highest BCUT2D eigenvalue weighted by atomic mass is 32.1. The van der Waals surface area contributed by atoms with Gasteiger partial charge in [-0.05, 0) is 117 Å². The van der Waals surface area contributed by atoms with Crippen LogP contribution in [-0.4, -0.2) is 35.0 Å². The minimum Gasteiger partial charge on any atom is -0.493 e. The SMILES string of the molecule is CCCCCCOc1ccc(C2CC(c3cc(CCCCCC)c(-c4ccc(/C=C(\C#N)C(=O)O)s4)s3)=NN2c2ccc(-c3nc4ccc(C)cc4s3)cc2)c(OCCCCCC)c1. The molecular weight excluding hydrogens is 853 g/mol. The van der Waals surface area contributed by atoms with Crippen LogP contribution in [0.4, 0.5) is 5.69 Å². The van der Waals surface area contributed by atoms with Crippen LogP contribution in [0, 0.1) is 18.3 Å². The quantitative estimate of drug-likeness (QED) is 0.0366. The number of unbranched alkanes of at least 4 members (excludes halogenated alkanes) is 9. The summed E-state index contributed by atoms with van der Waals surface area (Å²) in [7, 11) is 0. The average Bonchev–Trinajstić information content (AvgIpc) is 4.13. The Morgan fingerprint density at radius 2 is 1.55 bits per heavy atom. The van der Waals surface area contributed by atoms with Gasteiger partial charge < -0.3 is 14.6 Å². The molecule has 0 radical (unpaired) electrons. The number of carboxylic acid groups (broad SMARTS) is 1. The van der Waals surface area contributed by atoms with Crippen LogP contribution in [0.1, 0.15) is 137 Å². The summed E-state index contributed by atoms with van der Waals surface area (Å²) in [5.74, 6) is 0.453. The molecule has 1 aliphatic heterocycles. The summed E-state index contributed by atoms with van der Waals surface area (Å²) in [5, 5.41) is 27.6. The number of aromatic nitrogens is 1. The second-order valence-corrected chi connectivity index (χ2v) is 19.8. The molecule has 0 amide bonds. The minimum atomic E-state index is -1.22. The number of carboxylic acids is 1. The predicted molar refractivity (Wildman–Crippen MR) is 269 cm³/mol. The molecule has 11 heteroatoms. The van der Waals surface area contributed by atoms with Gasteiger partial charge in [0.05, 0.1) is 45.7 Å². The second-order valence-electron chi connectivity index (χ2n) is 16.6. The third-order valence-corrected chi connectivity index (χ3v) is 15.1. The number of hydrogen-bond acceptors (Lipinski definition) is 10. The van der Waals surface area contributed by atoms with E-state index in [2.05, 4.69) is 106 Å². The van der Waals surface area contributed by atoms with E-state index in [0.717, 1.165) is 104 Å². The van der Waals surface area contributed by atoms with E-state index < -0.39 is 5.97 Å². The summed E-state index contributed by atoms with van der Waals surface area (Å²) in [6.07, 6.45) is 16.8. The molecule has 7 rings (SSSR count). The number of aryl methyl sites for hydroxylation is 2.